The third-order valence-corrected chi connectivity index (χ3v) is 4.29. The highest BCUT2D eigenvalue weighted by atomic mass is 16.5. The molecule has 94 valence electrons. The highest BCUT2D eigenvalue weighted by Crippen LogP contribution is 2.28. The maximum Gasteiger partial charge on any atom is 0.0561 e. The molecule has 4 unspecified atom stereocenters. The summed E-state index contributed by atoms with van der Waals surface area (Å²) in [5.74, 6) is 0.717. The lowest BCUT2D eigenvalue weighted by Gasteiger charge is -2.45. The van der Waals surface area contributed by atoms with Gasteiger partial charge in [0, 0.05) is 25.2 Å². The van der Waals surface area contributed by atoms with Crippen LogP contribution in [0.25, 0.3) is 0 Å². The summed E-state index contributed by atoms with van der Waals surface area (Å²) in [4.78, 5) is 2.69. The number of hydrogen-bond donors (Lipinski definition) is 1. The van der Waals surface area contributed by atoms with Crippen LogP contribution in [0.1, 0.15) is 39.5 Å². The number of piperidine rings is 1. The SMILES string of the molecule is CC1CC(N2CC(CN)CCC2C)CCO1. The molecule has 0 spiro atoms. The summed E-state index contributed by atoms with van der Waals surface area (Å²) < 4.78 is 5.64. The van der Waals surface area contributed by atoms with E-state index in [0.717, 1.165) is 25.2 Å². The molecule has 2 aliphatic rings. The Kier molecular flexibility index (Phi) is 4.22. The first-order valence-corrected chi connectivity index (χ1v) is 6.78. The Labute approximate surface area is 99.3 Å². The maximum absolute atomic E-state index is 5.82. The summed E-state index contributed by atoms with van der Waals surface area (Å²) in [6.45, 7) is 7.55. The first kappa shape index (κ1) is 12.3. The zero-order valence-corrected chi connectivity index (χ0v) is 10.7. The second-order valence-electron chi connectivity index (χ2n) is 5.58. The van der Waals surface area contributed by atoms with E-state index in [1.807, 2.05) is 0 Å². The number of nitrogens with two attached hydrogens (primary N) is 1. The molecule has 2 heterocycles. The quantitative estimate of drug-likeness (QED) is 0.777. The van der Waals surface area contributed by atoms with Crippen LogP contribution in [0, 0.1) is 5.92 Å². The van der Waals surface area contributed by atoms with Crippen molar-refractivity contribution in [2.45, 2.75) is 57.7 Å². The molecule has 0 aromatic heterocycles. The molecule has 2 N–H and O–H groups in total. The molecule has 4 atom stereocenters. The van der Waals surface area contributed by atoms with E-state index in [2.05, 4.69) is 18.7 Å². The second kappa shape index (κ2) is 5.48. The molecule has 3 heteroatoms. The summed E-state index contributed by atoms with van der Waals surface area (Å²) in [6, 6.07) is 1.46. The Morgan fingerprint density at radius 1 is 1.25 bits per heavy atom. The van der Waals surface area contributed by atoms with Crippen LogP contribution in [0.4, 0.5) is 0 Å². The lowest BCUT2D eigenvalue weighted by molar-refractivity contribution is -0.0394. The van der Waals surface area contributed by atoms with Gasteiger partial charge in [-0.15, -0.1) is 0 Å². The van der Waals surface area contributed by atoms with Gasteiger partial charge in [-0.1, -0.05) is 0 Å². The molecule has 0 aromatic rings. The number of ether oxygens (including phenoxy) is 1. The van der Waals surface area contributed by atoms with Crippen molar-refractivity contribution < 1.29 is 4.74 Å². The lowest BCUT2D eigenvalue weighted by atomic mass is 9.90. The Morgan fingerprint density at radius 3 is 2.75 bits per heavy atom. The van der Waals surface area contributed by atoms with Crippen molar-refractivity contribution >= 4 is 0 Å². The van der Waals surface area contributed by atoms with E-state index >= 15 is 0 Å². The molecule has 0 radical (unpaired) electrons. The van der Waals surface area contributed by atoms with Gasteiger partial charge in [0.1, 0.15) is 0 Å². The average Bonchev–Trinajstić information content (AvgIpc) is 2.30. The smallest absolute Gasteiger partial charge is 0.0561 e. The van der Waals surface area contributed by atoms with E-state index in [1.54, 1.807) is 0 Å². The molecule has 0 aliphatic carbocycles. The first-order chi connectivity index (χ1) is 7.70. The van der Waals surface area contributed by atoms with Gasteiger partial charge in [-0.05, 0) is 52.0 Å². The van der Waals surface area contributed by atoms with Gasteiger partial charge in [0.2, 0.25) is 0 Å². The van der Waals surface area contributed by atoms with E-state index in [0.29, 0.717) is 12.0 Å². The summed E-state index contributed by atoms with van der Waals surface area (Å²) in [6.07, 6.45) is 5.46. The molecule has 3 nitrogen and oxygen atoms in total. The summed E-state index contributed by atoms with van der Waals surface area (Å²) in [5, 5.41) is 0. The van der Waals surface area contributed by atoms with Gasteiger partial charge >= 0.3 is 0 Å². The molecule has 2 rings (SSSR count). The fourth-order valence-electron chi connectivity index (χ4n) is 3.19. The standard InChI is InChI=1S/C13H26N2O/c1-10-3-4-12(8-14)9-15(10)13-5-6-16-11(2)7-13/h10-13H,3-9,14H2,1-2H3. The first-order valence-electron chi connectivity index (χ1n) is 6.78. The Morgan fingerprint density at radius 2 is 2.06 bits per heavy atom. The van der Waals surface area contributed by atoms with E-state index in [1.165, 1.54) is 32.2 Å². The molecule has 2 saturated heterocycles. The van der Waals surface area contributed by atoms with Crippen molar-refractivity contribution in [1.82, 2.24) is 4.90 Å². The maximum atomic E-state index is 5.82. The molecule has 16 heavy (non-hydrogen) atoms. The summed E-state index contributed by atoms with van der Waals surface area (Å²) in [7, 11) is 0. The van der Waals surface area contributed by atoms with Crippen LogP contribution in [-0.2, 0) is 4.74 Å². The molecular weight excluding hydrogens is 200 g/mol. The Hall–Kier alpha value is -0.120. The van der Waals surface area contributed by atoms with E-state index < -0.39 is 0 Å². The fourth-order valence-corrected chi connectivity index (χ4v) is 3.19. The van der Waals surface area contributed by atoms with E-state index in [4.69, 9.17) is 10.5 Å². The van der Waals surface area contributed by atoms with E-state index in [-0.39, 0.29) is 0 Å². The fraction of sp³-hybridized carbons (Fsp3) is 1.00. The van der Waals surface area contributed by atoms with Crippen molar-refractivity contribution in [3.05, 3.63) is 0 Å². The third-order valence-electron chi connectivity index (χ3n) is 4.29. The highest BCUT2D eigenvalue weighted by molar-refractivity contribution is 4.86. The second-order valence-corrected chi connectivity index (χ2v) is 5.58. The number of likely N-dealkylation sites (tertiary alicyclic amines) is 1. The number of nitrogens with zero attached hydrogens (tertiary/aromatic N) is 1. The Balaban J connectivity index is 1.94. The summed E-state index contributed by atoms with van der Waals surface area (Å²) >= 11 is 0. The molecule has 2 fully saturated rings. The molecule has 0 aromatic carbocycles. The zero-order chi connectivity index (χ0) is 11.5. The van der Waals surface area contributed by atoms with Gasteiger partial charge in [-0.2, -0.15) is 0 Å². The molecule has 0 amide bonds. The molecular formula is C13H26N2O. The topological polar surface area (TPSA) is 38.5 Å². The molecule has 0 saturated carbocycles. The number of hydrogen-bond acceptors (Lipinski definition) is 3. The van der Waals surface area contributed by atoms with Crippen molar-refractivity contribution in [3.63, 3.8) is 0 Å². The van der Waals surface area contributed by atoms with Gasteiger partial charge in [0.15, 0.2) is 0 Å². The van der Waals surface area contributed by atoms with Crippen LogP contribution in [-0.4, -0.2) is 42.8 Å². The van der Waals surface area contributed by atoms with Crippen molar-refractivity contribution in [3.8, 4) is 0 Å². The van der Waals surface area contributed by atoms with Crippen LogP contribution >= 0.6 is 0 Å². The van der Waals surface area contributed by atoms with Crippen molar-refractivity contribution in [2.75, 3.05) is 19.7 Å². The van der Waals surface area contributed by atoms with Crippen LogP contribution in [0.2, 0.25) is 0 Å². The zero-order valence-electron chi connectivity index (χ0n) is 10.7. The average molecular weight is 226 g/mol. The summed E-state index contributed by atoms with van der Waals surface area (Å²) in [5.41, 5.74) is 5.82. The van der Waals surface area contributed by atoms with Gasteiger partial charge < -0.3 is 10.5 Å². The lowest BCUT2D eigenvalue weighted by Crippen LogP contribution is -2.51. The predicted octanol–water partition coefficient (Wildman–Crippen LogP) is 1.61. The van der Waals surface area contributed by atoms with Gasteiger partial charge in [0.25, 0.3) is 0 Å². The van der Waals surface area contributed by atoms with Crippen LogP contribution in [0.3, 0.4) is 0 Å². The normalized spacial score (nSPS) is 42.2. The third kappa shape index (κ3) is 2.76. The van der Waals surface area contributed by atoms with Crippen LogP contribution < -0.4 is 5.73 Å². The molecule has 0 bridgehead atoms. The van der Waals surface area contributed by atoms with E-state index in [9.17, 15) is 0 Å². The van der Waals surface area contributed by atoms with Gasteiger partial charge in [-0.25, -0.2) is 0 Å². The number of rotatable bonds is 2. The van der Waals surface area contributed by atoms with Crippen LogP contribution in [0.15, 0.2) is 0 Å². The predicted molar refractivity (Wildman–Crippen MR) is 66.4 cm³/mol. The molecule has 2 aliphatic heterocycles. The minimum Gasteiger partial charge on any atom is -0.378 e. The minimum absolute atomic E-state index is 0.434. The highest BCUT2D eigenvalue weighted by Gasteiger charge is 2.32. The van der Waals surface area contributed by atoms with Gasteiger partial charge in [-0.3, -0.25) is 4.90 Å². The van der Waals surface area contributed by atoms with Crippen molar-refractivity contribution in [2.24, 2.45) is 11.7 Å². The Bertz CT molecular complexity index is 222. The monoisotopic (exact) mass is 226 g/mol. The minimum atomic E-state index is 0.434. The van der Waals surface area contributed by atoms with Crippen molar-refractivity contribution in [1.29, 1.82) is 0 Å². The largest absolute Gasteiger partial charge is 0.378 e. The van der Waals surface area contributed by atoms with Crippen LogP contribution in [0.5, 0.6) is 0 Å². The van der Waals surface area contributed by atoms with Gasteiger partial charge in [0.05, 0.1) is 6.10 Å².